The lowest BCUT2D eigenvalue weighted by Gasteiger charge is -2.42. The number of hydrogen-bond acceptors (Lipinski definition) is 4. The van der Waals surface area contributed by atoms with Gasteiger partial charge in [0.1, 0.15) is 16.2 Å². The largest absolute Gasteiger partial charge is 0.456 e. The molecule has 5 heteroatoms. The third-order valence-electron chi connectivity index (χ3n) is 14.4. The lowest BCUT2D eigenvalue weighted by molar-refractivity contribution is 0.332. The number of aryl methyl sites for hydroxylation is 2. The Labute approximate surface area is 358 Å². The molecule has 3 aliphatic carbocycles. The molecule has 3 aliphatic rings. The lowest BCUT2D eigenvalue weighted by atomic mass is 9.63. The topological polar surface area (TPSA) is 43.9 Å². The van der Waals surface area contributed by atoms with Gasteiger partial charge in [0.15, 0.2) is 5.82 Å². The zero-order chi connectivity index (χ0) is 40.8. The molecule has 4 heterocycles. The van der Waals surface area contributed by atoms with Crippen LogP contribution in [0.4, 0.5) is 0 Å². The molecule has 10 aromatic rings. The van der Waals surface area contributed by atoms with Crippen LogP contribution in [0.3, 0.4) is 0 Å². The Bertz CT molecular complexity index is 3610. The van der Waals surface area contributed by atoms with E-state index in [4.69, 9.17) is 14.4 Å². The summed E-state index contributed by atoms with van der Waals surface area (Å²) in [6.45, 7) is 9.75. The van der Waals surface area contributed by atoms with Gasteiger partial charge in [-0.25, -0.2) is 9.97 Å². The molecule has 0 aliphatic heterocycles. The van der Waals surface area contributed by atoms with Crippen molar-refractivity contribution in [1.82, 2.24) is 14.5 Å². The standard InChI is InChI=1S/C56H45N3OS/c1-55(2)25-26-56(3,4)44-31-47-42(30-43(44)55)41-27-32-13-5-6-14-33(32)28-46(41)59(47)45-20-12-17-35-36(45)18-11-19-39(35)53-57-52(51-40-16-8-10-22-50(40)61-54(51)58-53)34-23-24-38-37-15-7-9-21-48(37)60-49(38)29-34/h6,8-12,14,16-24,27-31H,5,7,13,15,25-26H2,1-4H3. The van der Waals surface area contributed by atoms with Crippen LogP contribution in [0.1, 0.15) is 87.0 Å². The minimum Gasteiger partial charge on any atom is -0.456 e. The van der Waals surface area contributed by atoms with Gasteiger partial charge >= 0.3 is 0 Å². The maximum Gasteiger partial charge on any atom is 0.162 e. The highest BCUT2D eigenvalue weighted by Gasteiger charge is 2.38. The predicted molar refractivity (Wildman–Crippen MR) is 257 cm³/mol. The summed E-state index contributed by atoms with van der Waals surface area (Å²) < 4.78 is 10.2. The van der Waals surface area contributed by atoms with Gasteiger partial charge < -0.3 is 8.98 Å². The highest BCUT2D eigenvalue weighted by Crippen LogP contribution is 2.50. The monoisotopic (exact) mass is 807 g/mol. The molecule has 13 rings (SSSR count). The number of nitrogens with zero attached hydrogens (tertiary/aromatic N) is 3. The number of rotatable bonds is 3. The van der Waals surface area contributed by atoms with Gasteiger partial charge in [-0.3, -0.25) is 0 Å². The molecule has 4 aromatic heterocycles. The van der Waals surface area contributed by atoms with E-state index in [9.17, 15) is 0 Å². The second kappa shape index (κ2) is 12.6. The second-order valence-corrected chi connectivity index (χ2v) is 20.0. The number of fused-ring (bicyclic) bond motifs is 12. The first-order valence-electron chi connectivity index (χ1n) is 22.0. The summed E-state index contributed by atoms with van der Waals surface area (Å²) in [7, 11) is 0. The van der Waals surface area contributed by atoms with Crippen molar-refractivity contribution in [3.63, 3.8) is 0 Å². The van der Waals surface area contributed by atoms with Crippen LogP contribution in [-0.4, -0.2) is 14.5 Å². The van der Waals surface area contributed by atoms with Crippen LogP contribution >= 0.6 is 11.3 Å². The number of allylic oxidation sites excluding steroid dienone is 2. The van der Waals surface area contributed by atoms with Crippen LogP contribution in [0, 0.1) is 0 Å². The quantitative estimate of drug-likeness (QED) is 0.179. The summed E-state index contributed by atoms with van der Waals surface area (Å²) in [5, 5.41) is 8.48. The summed E-state index contributed by atoms with van der Waals surface area (Å²) in [5.41, 5.74) is 14.9. The van der Waals surface area contributed by atoms with Crippen LogP contribution in [0.2, 0.25) is 0 Å². The molecule has 61 heavy (non-hydrogen) atoms. The maximum atomic E-state index is 6.46. The zero-order valence-corrected chi connectivity index (χ0v) is 35.8. The molecule has 0 atom stereocenters. The number of aromatic nitrogens is 3. The van der Waals surface area contributed by atoms with Gasteiger partial charge in [-0.1, -0.05) is 107 Å². The van der Waals surface area contributed by atoms with E-state index in [0.717, 1.165) is 75.3 Å². The van der Waals surface area contributed by atoms with Gasteiger partial charge in [0.2, 0.25) is 0 Å². The fourth-order valence-electron chi connectivity index (χ4n) is 11.0. The second-order valence-electron chi connectivity index (χ2n) is 19.0. The van der Waals surface area contributed by atoms with Crippen LogP contribution in [0.15, 0.2) is 120 Å². The van der Waals surface area contributed by atoms with Crippen molar-refractivity contribution in [3.8, 4) is 28.3 Å². The molecule has 0 bridgehead atoms. The summed E-state index contributed by atoms with van der Waals surface area (Å²) in [5.74, 6) is 1.71. The van der Waals surface area contributed by atoms with Gasteiger partial charge in [-0.2, -0.15) is 0 Å². The van der Waals surface area contributed by atoms with Crippen molar-refractivity contribution < 1.29 is 4.42 Å². The van der Waals surface area contributed by atoms with Crippen LogP contribution in [-0.2, 0) is 23.7 Å². The first-order chi connectivity index (χ1) is 29.7. The zero-order valence-electron chi connectivity index (χ0n) is 35.0. The molecule has 0 amide bonds. The molecule has 296 valence electrons. The first kappa shape index (κ1) is 35.5. The van der Waals surface area contributed by atoms with Crippen LogP contribution in [0.25, 0.3) is 104 Å². The van der Waals surface area contributed by atoms with E-state index in [2.05, 4.69) is 160 Å². The smallest absolute Gasteiger partial charge is 0.162 e. The summed E-state index contributed by atoms with van der Waals surface area (Å²) in [4.78, 5) is 12.0. The highest BCUT2D eigenvalue weighted by molar-refractivity contribution is 7.25. The van der Waals surface area contributed by atoms with E-state index in [1.165, 1.54) is 89.0 Å². The summed E-state index contributed by atoms with van der Waals surface area (Å²) in [6.07, 6.45) is 15.6. The number of furan rings is 1. The van der Waals surface area contributed by atoms with Crippen molar-refractivity contribution in [3.05, 3.63) is 149 Å². The van der Waals surface area contributed by atoms with Gasteiger partial charge in [0.25, 0.3) is 0 Å². The molecule has 0 N–H and O–H groups in total. The Balaban J connectivity index is 1.06. The van der Waals surface area contributed by atoms with E-state index < -0.39 is 0 Å². The van der Waals surface area contributed by atoms with Crippen molar-refractivity contribution in [2.75, 3.05) is 0 Å². The molecule has 0 unspecified atom stereocenters. The molecule has 0 saturated heterocycles. The molecule has 0 spiro atoms. The predicted octanol–water partition coefficient (Wildman–Crippen LogP) is 15.4. The minimum atomic E-state index is 0.0897. The number of thiophene rings is 1. The first-order valence-corrected chi connectivity index (χ1v) is 22.8. The fourth-order valence-corrected chi connectivity index (χ4v) is 12.1. The highest BCUT2D eigenvalue weighted by atomic mass is 32.1. The Morgan fingerprint density at radius 1 is 0.639 bits per heavy atom. The molecule has 4 nitrogen and oxygen atoms in total. The van der Waals surface area contributed by atoms with Crippen molar-refractivity contribution in [2.24, 2.45) is 0 Å². The van der Waals surface area contributed by atoms with E-state index in [-0.39, 0.29) is 10.8 Å². The molecular formula is C56H45N3OS. The van der Waals surface area contributed by atoms with E-state index in [1.54, 1.807) is 11.3 Å². The lowest BCUT2D eigenvalue weighted by Crippen LogP contribution is -2.33. The van der Waals surface area contributed by atoms with Crippen molar-refractivity contribution >= 4 is 87.3 Å². The molecular weight excluding hydrogens is 763 g/mol. The Kier molecular flexibility index (Phi) is 7.34. The summed E-state index contributed by atoms with van der Waals surface area (Å²) >= 11 is 1.74. The SMILES string of the molecule is CC1(C)CCC(C)(C)c2cc3c(cc21)c1cc2c(cc1n3-c1cccc3c(-c4nc(-c5ccc6c7c(oc6c5)C=CCC7)c5c(n4)sc4ccccc45)cccc13)C=CCC2. The Morgan fingerprint density at radius 3 is 2.30 bits per heavy atom. The van der Waals surface area contributed by atoms with Crippen LogP contribution < -0.4 is 0 Å². The molecule has 6 aromatic carbocycles. The fraction of sp³-hybridized carbons (Fsp3) is 0.214. The van der Waals surface area contributed by atoms with E-state index >= 15 is 0 Å². The summed E-state index contributed by atoms with van der Waals surface area (Å²) in [6, 6.07) is 38.8. The maximum absolute atomic E-state index is 6.46. The average molecular weight is 808 g/mol. The molecule has 0 saturated carbocycles. The van der Waals surface area contributed by atoms with E-state index in [0.29, 0.717) is 0 Å². The van der Waals surface area contributed by atoms with Crippen LogP contribution in [0.5, 0.6) is 0 Å². The van der Waals surface area contributed by atoms with E-state index in [1.807, 2.05) is 0 Å². The molecule has 0 radical (unpaired) electrons. The minimum absolute atomic E-state index is 0.0897. The van der Waals surface area contributed by atoms with Crippen molar-refractivity contribution in [2.45, 2.75) is 77.0 Å². The normalized spacial score (nSPS) is 16.6. The number of hydrogen-bond donors (Lipinski definition) is 0. The Morgan fingerprint density at radius 2 is 1.39 bits per heavy atom. The van der Waals surface area contributed by atoms with Gasteiger partial charge in [-0.15, -0.1) is 11.3 Å². The van der Waals surface area contributed by atoms with Crippen molar-refractivity contribution in [1.29, 1.82) is 0 Å². The third-order valence-corrected chi connectivity index (χ3v) is 15.5. The third kappa shape index (κ3) is 5.17. The molecule has 0 fully saturated rings. The number of benzene rings is 6. The van der Waals surface area contributed by atoms with Gasteiger partial charge in [0.05, 0.1) is 22.4 Å². The van der Waals surface area contributed by atoms with Gasteiger partial charge in [0, 0.05) is 53.7 Å². The Hall–Kier alpha value is -6.30. The average Bonchev–Trinajstić information content (AvgIpc) is 3.95. The van der Waals surface area contributed by atoms with Gasteiger partial charge in [-0.05, 0) is 126 Å².